The third-order valence-corrected chi connectivity index (χ3v) is 3.43. The summed E-state index contributed by atoms with van der Waals surface area (Å²) in [7, 11) is 1.30. The lowest BCUT2D eigenvalue weighted by Gasteiger charge is -2.17. The Morgan fingerprint density at radius 2 is 1.68 bits per heavy atom. The van der Waals surface area contributed by atoms with Crippen LogP contribution in [0.25, 0.3) is 6.08 Å². The Balaban J connectivity index is 2.36. The first-order chi connectivity index (χ1) is 10.8. The van der Waals surface area contributed by atoms with Gasteiger partial charge < -0.3 is 4.74 Å². The summed E-state index contributed by atoms with van der Waals surface area (Å²) in [5.74, 6) is -1.74. The lowest BCUT2D eigenvalue weighted by atomic mass is 9.86. The van der Waals surface area contributed by atoms with Crippen molar-refractivity contribution in [2.75, 3.05) is 7.11 Å². The first kappa shape index (κ1) is 15.5. The number of ether oxygens (including phenoxy) is 1. The normalized spacial score (nSPS) is 13.3. The average Bonchev–Trinajstić information content (AvgIpc) is 2.59. The van der Waals surface area contributed by atoms with Crippen LogP contribution in [-0.2, 0) is 9.53 Å². The number of carbonyl (C=O) groups excluding carboxylic acids is 1. The summed E-state index contributed by atoms with van der Waals surface area (Å²) in [5, 5.41) is 9.37. The van der Waals surface area contributed by atoms with E-state index in [4.69, 9.17) is 4.74 Å². The van der Waals surface area contributed by atoms with E-state index in [1.807, 2.05) is 72.8 Å². The van der Waals surface area contributed by atoms with Crippen LogP contribution >= 0.6 is 0 Å². The zero-order chi connectivity index (χ0) is 15.8. The monoisotopic (exact) mass is 291 g/mol. The van der Waals surface area contributed by atoms with Gasteiger partial charge in [-0.05, 0) is 11.1 Å². The molecule has 0 aliphatic heterocycles. The number of nitrogens with zero attached hydrogens (tertiary/aromatic N) is 1. The Kier molecular flexibility index (Phi) is 5.50. The summed E-state index contributed by atoms with van der Waals surface area (Å²) >= 11 is 0. The van der Waals surface area contributed by atoms with Crippen molar-refractivity contribution in [1.29, 1.82) is 5.26 Å². The number of hydrogen-bond acceptors (Lipinski definition) is 3. The van der Waals surface area contributed by atoms with Crippen molar-refractivity contribution in [3.63, 3.8) is 0 Å². The summed E-state index contributed by atoms with van der Waals surface area (Å²) in [4.78, 5) is 11.9. The van der Waals surface area contributed by atoms with Gasteiger partial charge in [0, 0.05) is 5.92 Å². The molecule has 0 radical (unpaired) electrons. The molecule has 110 valence electrons. The smallest absolute Gasteiger partial charge is 0.324 e. The molecule has 22 heavy (non-hydrogen) atoms. The average molecular weight is 291 g/mol. The van der Waals surface area contributed by atoms with Gasteiger partial charge in [0.25, 0.3) is 0 Å². The highest BCUT2D eigenvalue weighted by atomic mass is 16.5. The predicted molar refractivity (Wildman–Crippen MR) is 85.8 cm³/mol. The topological polar surface area (TPSA) is 50.1 Å². The first-order valence-corrected chi connectivity index (χ1v) is 7.02. The van der Waals surface area contributed by atoms with Gasteiger partial charge in [-0.2, -0.15) is 5.26 Å². The van der Waals surface area contributed by atoms with Crippen molar-refractivity contribution in [2.24, 2.45) is 5.92 Å². The minimum Gasteiger partial charge on any atom is -0.468 e. The third-order valence-electron chi connectivity index (χ3n) is 3.43. The quantitative estimate of drug-likeness (QED) is 0.787. The molecule has 0 N–H and O–H groups in total. The van der Waals surface area contributed by atoms with Crippen molar-refractivity contribution in [3.05, 3.63) is 77.9 Å². The van der Waals surface area contributed by atoms with E-state index in [1.54, 1.807) is 0 Å². The van der Waals surface area contributed by atoms with E-state index < -0.39 is 11.9 Å². The van der Waals surface area contributed by atoms with Gasteiger partial charge in [0.05, 0.1) is 13.2 Å². The molecule has 0 saturated carbocycles. The largest absolute Gasteiger partial charge is 0.468 e. The maximum Gasteiger partial charge on any atom is 0.324 e. The number of allylic oxidation sites excluding steroid dienone is 1. The standard InChI is InChI=1S/C19H17NO2/c1-22-19(21)18(14-20)17(16-10-6-3-7-11-16)13-12-15-8-4-2-5-9-15/h2-13,17-18H,1H3/b13-12+. The van der Waals surface area contributed by atoms with E-state index in [1.165, 1.54) is 7.11 Å². The summed E-state index contributed by atoms with van der Waals surface area (Å²) in [6, 6.07) is 21.3. The third kappa shape index (κ3) is 3.83. The molecule has 2 rings (SSSR count). The van der Waals surface area contributed by atoms with E-state index in [9.17, 15) is 10.1 Å². The Morgan fingerprint density at radius 3 is 2.23 bits per heavy atom. The number of hydrogen-bond donors (Lipinski definition) is 0. The van der Waals surface area contributed by atoms with Gasteiger partial charge >= 0.3 is 5.97 Å². The van der Waals surface area contributed by atoms with Crippen molar-refractivity contribution >= 4 is 12.0 Å². The van der Waals surface area contributed by atoms with Gasteiger partial charge in [-0.1, -0.05) is 72.8 Å². The fourth-order valence-corrected chi connectivity index (χ4v) is 2.28. The number of methoxy groups -OCH3 is 1. The van der Waals surface area contributed by atoms with Crippen LogP contribution in [0.3, 0.4) is 0 Å². The van der Waals surface area contributed by atoms with E-state index in [-0.39, 0.29) is 5.92 Å². The molecule has 3 nitrogen and oxygen atoms in total. The van der Waals surface area contributed by atoms with Crippen LogP contribution in [0.2, 0.25) is 0 Å². The highest BCUT2D eigenvalue weighted by Crippen LogP contribution is 2.28. The van der Waals surface area contributed by atoms with Crippen molar-refractivity contribution in [2.45, 2.75) is 5.92 Å². The molecule has 0 aromatic heterocycles. The van der Waals surface area contributed by atoms with Gasteiger partial charge in [0.1, 0.15) is 0 Å². The van der Waals surface area contributed by atoms with Crippen LogP contribution < -0.4 is 0 Å². The van der Waals surface area contributed by atoms with Crippen LogP contribution in [0, 0.1) is 17.2 Å². The SMILES string of the molecule is COC(=O)C(C#N)C(/C=C/c1ccccc1)c1ccccc1. The molecular formula is C19H17NO2. The number of nitriles is 1. The van der Waals surface area contributed by atoms with Crippen molar-refractivity contribution in [3.8, 4) is 6.07 Å². The van der Waals surface area contributed by atoms with Gasteiger partial charge in [-0.25, -0.2) is 0 Å². The molecule has 0 saturated heterocycles. The molecule has 0 spiro atoms. The Morgan fingerprint density at radius 1 is 1.09 bits per heavy atom. The highest BCUT2D eigenvalue weighted by Gasteiger charge is 2.28. The minimum atomic E-state index is -0.868. The Labute approximate surface area is 130 Å². The summed E-state index contributed by atoms with van der Waals surface area (Å²) in [5.41, 5.74) is 1.93. The van der Waals surface area contributed by atoms with Gasteiger partial charge in [-0.15, -0.1) is 0 Å². The predicted octanol–water partition coefficient (Wildman–Crippen LogP) is 3.80. The van der Waals surface area contributed by atoms with E-state index >= 15 is 0 Å². The molecule has 0 aliphatic rings. The summed E-state index contributed by atoms with van der Waals surface area (Å²) in [6.45, 7) is 0. The summed E-state index contributed by atoms with van der Waals surface area (Å²) < 4.78 is 4.76. The fraction of sp³-hybridized carbons (Fsp3) is 0.158. The minimum absolute atomic E-state index is 0.348. The molecule has 3 heteroatoms. The molecular weight excluding hydrogens is 274 g/mol. The lowest BCUT2D eigenvalue weighted by molar-refractivity contribution is -0.143. The Hall–Kier alpha value is -2.86. The number of rotatable bonds is 5. The maximum absolute atomic E-state index is 11.9. The molecule has 2 unspecified atom stereocenters. The molecule has 0 amide bonds. The van der Waals surface area contributed by atoms with Gasteiger partial charge in [-0.3, -0.25) is 4.79 Å². The molecule has 0 bridgehead atoms. The zero-order valence-corrected chi connectivity index (χ0v) is 12.3. The van der Waals surface area contributed by atoms with Crippen LogP contribution in [0.4, 0.5) is 0 Å². The fourth-order valence-electron chi connectivity index (χ4n) is 2.28. The number of carbonyl (C=O) groups is 1. The van der Waals surface area contributed by atoms with Crippen LogP contribution in [0.15, 0.2) is 66.7 Å². The second kappa shape index (κ2) is 7.80. The van der Waals surface area contributed by atoms with E-state index in [0.717, 1.165) is 11.1 Å². The van der Waals surface area contributed by atoms with Gasteiger partial charge in [0.2, 0.25) is 0 Å². The van der Waals surface area contributed by atoms with Crippen molar-refractivity contribution in [1.82, 2.24) is 0 Å². The van der Waals surface area contributed by atoms with Crippen LogP contribution in [0.5, 0.6) is 0 Å². The van der Waals surface area contributed by atoms with Crippen LogP contribution in [-0.4, -0.2) is 13.1 Å². The molecule has 0 fully saturated rings. The lowest BCUT2D eigenvalue weighted by Crippen LogP contribution is -2.21. The second-order valence-corrected chi connectivity index (χ2v) is 4.84. The van der Waals surface area contributed by atoms with Crippen molar-refractivity contribution < 1.29 is 9.53 Å². The van der Waals surface area contributed by atoms with Crippen LogP contribution in [0.1, 0.15) is 17.0 Å². The maximum atomic E-state index is 11.9. The molecule has 0 heterocycles. The summed E-state index contributed by atoms with van der Waals surface area (Å²) in [6.07, 6.45) is 3.81. The Bertz CT molecular complexity index is 672. The second-order valence-electron chi connectivity index (χ2n) is 4.84. The molecule has 2 aromatic rings. The number of benzene rings is 2. The number of esters is 1. The first-order valence-electron chi connectivity index (χ1n) is 7.02. The van der Waals surface area contributed by atoms with E-state index in [2.05, 4.69) is 6.07 Å². The van der Waals surface area contributed by atoms with Gasteiger partial charge in [0.15, 0.2) is 5.92 Å². The molecule has 2 atom stereocenters. The molecule has 2 aromatic carbocycles. The highest BCUT2D eigenvalue weighted by molar-refractivity contribution is 5.77. The molecule has 0 aliphatic carbocycles. The van der Waals surface area contributed by atoms with E-state index in [0.29, 0.717) is 0 Å². The zero-order valence-electron chi connectivity index (χ0n) is 12.3.